The number of piperazine rings is 6. The molecule has 0 atom stereocenters. The second-order valence-electron chi connectivity index (χ2n) is 10.2. The molecule has 0 radical (unpaired) electrons. The number of carboxylic acids is 4. The molecule has 6 saturated heterocycles. The number of halogens is 2. The zero-order chi connectivity index (χ0) is 23.6. The molecule has 6 fully saturated rings. The number of nitrogens with zero attached hydrogens (tertiary/aromatic N) is 4. The lowest BCUT2D eigenvalue weighted by molar-refractivity contribution is -1.07. The Balaban J connectivity index is -0.000000120. The van der Waals surface area contributed by atoms with Crippen molar-refractivity contribution in [2.24, 2.45) is 0 Å². The Morgan fingerprint density at radius 1 is 0.425 bits per heavy atom. The number of carbonyl (C=O) groups excluding carboxylic acids is 2. The molecule has 18 nitrogen and oxygen atoms in total. The summed E-state index contributed by atoms with van der Waals surface area (Å²) < 4.78 is 2.43. The lowest BCUT2D eigenvalue weighted by atomic mass is 10.1. The summed E-state index contributed by atoms with van der Waals surface area (Å²) in [4.78, 5) is 42.9. The minimum absolute atomic E-state index is 0. The standard InChI is InChI=1S/2C10H16N2O4.2ClH.6H2O/c2*13-9(14)7-11-1-2-12(5-3-11,6-4-11)8-10(15)16;;;;;;;;/h2*1-8H2;2*1H;6*1H2. The first-order valence-electron chi connectivity index (χ1n) is 11.1. The van der Waals surface area contributed by atoms with Crippen LogP contribution in [0.25, 0.3) is 0 Å². The van der Waals surface area contributed by atoms with Gasteiger partial charge in [0, 0.05) is 0 Å². The molecule has 0 saturated carbocycles. The lowest BCUT2D eigenvalue weighted by Crippen LogP contribution is -3.00. The van der Waals surface area contributed by atoms with E-state index in [4.69, 9.17) is 10.2 Å². The maximum Gasteiger partial charge on any atom is 0.359 e. The van der Waals surface area contributed by atoms with Gasteiger partial charge in [-0.1, -0.05) is 0 Å². The second-order valence-corrected chi connectivity index (χ2v) is 10.2. The van der Waals surface area contributed by atoms with E-state index >= 15 is 0 Å². The fraction of sp³-hybridized carbons (Fsp3) is 0.800. The topological polar surface area (TPSA) is 344 Å². The van der Waals surface area contributed by atoms with Crippen LogP contribution < -0.4 is 35.0 Å². The van der Waals surface area contributed by atoms with Gasteiger partial charge in [0.05, 0.1) is 11.9 Å². The number of carboxylic acid groups (broad SMARTS) is 4. The van der Waals surface area contributed by atoms with E-state index in [2.05, 4.69) is 0 Å². The largest absolute Gasteiger partial charge is 1.00 e. The predicted octanol–water partition coefficient (Wildman–Crippen LogP) is -16.0. The van der Waals surface area contributed by atoms with Crippen molar-refractivity contribution in [3.63, 3.8) is 0 Å². The minimum atomic E-state index is -1.000. The maximum atomic E-state index is 10.8. The number of rotatable bonds is 8. The van der Waals surface area contributed by atoms with E-state index < -0.39 is 23.9 Å². The Morgan fingerprint density at radius 3 is 0.700 bits per heavy atom. The number of hydrogen-bond acceptors (Lipinski definition) is 6. The molecule has 4 bridgehead atoms. The average Bonchev–Trinajstić information content (AvgIpc) is 2.69. The molecule has 6 aliphatic rings. The number of aliphatic carboxylic acids is 4. The van der Waals surface area contributed by atoms with E-state index in [9.17, 15) is 29.4 Å². The molecular weight excluding hydrogens is 591 g/mol. The van der Waals surface area contributed by atoms with Crippen molar-refractivity contribution in [2.75, 3.05) is 105 Å². The molecule has 0 spiro atoms. The van der Waals surface area contributed by atoms with Gasteiger partial charge in [-0.25, -0.2) is 9.59 Å². The van der Waals surface area contributed by atoms with Gasteiger partial charge >= 0.3 is 11.9 Å². The van der Waals surface area contributed by atoms with Crippen LogP contribution in [0.5, 0.6) is 0 Å². The van der Waals surface area contributed by atoms with Crippen LogP contribution in [0, 0.1) is 0 Å². The van der Waals surface area contributed by atoms with Crippen LogP contribution in [0.1, 0.15) is 0 Å². The van der Waals surface area contributed by atoms with Crippen molar-refractivity contribution in [1.29, 1.82) is 0 Å². The molecule has 0 aromatic heterocycles. The van der Waals surface area contributed by atoms with Crippen molar-refractivity contribution in [1.82, 2.24) is 0 Å². The number of carbonyl (C=O) groups is 4. The van der Waals surface area contributed by atoms with Crippen LogP contribution in [0.4, 0.5) is 0 Å². The van der Waals surface area contributed by atoms with Gasteiger partial charge in [-0.15, -0.1) is 0 Å². The van der Waals surface area contributed by atoms with Crippen LogP contribution in [0.2, 0.25) is 0 Å². The molecule has 40 heavy (non-hydrogen) atoms. The molecule has 20 heteroatoms. The Kier molecular flexibility index (Phi) is 24.4. The summed E-state index contributed by atoms with van der Waals surface area (Å²) >= 11 is 0. The molecule has 0 aliphatic carbocycles. The Morgan fingerprint density at radius 2 is 0.575 bits per heavy atom. The molecule has 14 N–H and O–H groups in total. The Hall–Kier alpha value is -1.94. The van der Waals surface area contributed by atoms with Gasteiger partial charge in [0.15, 0.2) is 13.1 Å². The van der Waals surface area contributed by atoms with Crippen LogP contribution in [0.15, 0.2) is 0 Å². The summed E-state index contributed by atoms with van der Waals surface area (Å²) in [6, 6.07) is 0. The van der Waals surface area contributed by atoms with Gasteiger partial charge in [0.2, 0.25) is 0 Å². The third-order valence-corrected chi connectivity index (χ3v) is 8.16. The van der Waals surface area contributed by atoms with Gasteiger partial charge in [-0.2, -0.15) is 0 Å². The predicted molar refractivity (Wildman–Crippen MR) is 126 cm³/mol. The Labute approximate surface area is 244 Å². The van der Waals surface area contributed by atoms with Gasteiger partial charge in [-0.05, 0) is 0 Å². The first-order valence-corrected chi connectivity index (χ1v) is 11.1. The minimum Gasteiger partial charge on any atom is -1.00 e. The quantitative estimate of drug-likeness (QED) is 0.240. The second kappa shape index (κ2) is 19.2. The molecule has 0 amide bonds. The normalized spacial score (nSPS) is 29.8. The van der Waals surface area contributed by atoms with Crippen LogP contribution in [-0.4, -0.2) is 190 Å². The van der Waals surface area contributed by atoms with E-state index in [1.165, 1.54) is 0 Å². The van der Waals surface area contributed by atoms with Gasteiger partial charge in [-0.3, -0.25) is 0 Å². The maximum absolute atomic E-state index is 10.8. The summed E-state index contributed by atoms with van der Waals surface area (Å²) in [5.41, 5.74) is 0. The van der Waals surface area contributed by atoms with Gasteiger partial charge < -0.3 is 106 Å². The van der Waals surface area contributed by atoms with Crippen LogP contribution in [0.3, 0.4) is 0 Å². The molecular formula is C20H46Cl2N4O14. The average molecular weight is 638 g/mol. The molecule has 244 valence electrons. The molecule has 0 aromatic carbocycles. The summed E-state index contributed by atoms with van der Waals surface area (Å²) in [5.74, 6) is -3.52. The first-order chi connectivity index (χ1) is 14.9. The van der Waals surface area contributed by atoms with Crippen molar-refractivity contribution < 1.29 is 115 Å². The third-order valence-electron chi connectivity index (χ3n) is 8.16. The van der Waals surface area contributed by atoms with E-state index in [0.29, 0.717) is 17.9 Å². The highest BCUT2D eigenvalue weighted by atomic mass is 35.5. The van der Waals surface area contributed by atoms with Gasteiger partial charge in [0.25, 0.3) is 0 Å². The first kappa shape index (κ1) is 50.9. The van der Waals surface area contributed by atoms with E-state index in [1.54, 1.807) is 0 Å². The summed E-state index contributed by atoms with van der Waals surface area (Å²) in [5, 5.41) is 39.1. The molecule has 6 rings (SSSR count). The third kappa shape index (κ3) is 12.3. The number of hydrogen-bond donors (Lipinski definition) is 2. The van der Waals surface area contributed by atoms with Crippen LogP contribution in [-0.2, 0) is 19.2 Å². The fourth-order valence-electron chi connectivity index (χ4n) is 5.96. The SMILES string of the molecule is O.O.O.O.O.O.O=C([O-])C[N+]12CC[N+](CC(=O)O)(CC1)CC2.O=C([O-])C[N+]12CC[N+](CC(=O)O)(CC1)CC2.[Cl-].[Cl-]. The van der Waals surface area contributed by atoms with Gasteiger partial charge in [0.1, 0.15) is 91.6 Å². The highest BCUT2D eigenvalue weighted by Gasteiger charge is 2.50. The summed E-state index contributed by atoms with van der Waals surface area (Å²) in [6.07, 6.45) is 0. The zero-order valence-corrected chi connectivity index (χ0v) is 23.7. The smallest absolute Gasteiger partial charge is 0.359 e. The van der Waals surface area contributed by atoms with E-state index in [0.717, 1.165) is 78.5 Å². The van der Waals surface area contributed by atoms with Crippen molar-refractivity contribution in [3.8, 4) is 0 Å². The van der Waals surface area contributed by atoms with Crippen molar-refractivity contribution >= 4 is 23.9 Å². The van der Waals surface area contributed by atoms with Crippen molar-refractivity contribution in [2.45, 2.75) is 0 Å². The summed E-state index contributed by atoms with van der Waals surface area (Å²) in [6.45, 7) is 9.75. The lowest BCUT2D eigenvalue weighted by Gasteiger charge is -2.55. The fourth-order valence-corrected chi connectivity index (χ4v) is 5.96. The summed E-state index contributed by atoms with van der Waals surface area (Å²) in [7, 11) is 0. The molecule has 6 heterocycles. The molecule has 6 aliphatic heterocycles. The molecule has 0 aromatic rings. The van der Waals surface area contributed by atoms with Crippen LogP contribution >= 0.6 is 0 Å². The van der Waals surface area contributed by atoms with E-state index in [1.807, 2.05) is 0 Å². The monoisotopic (exact) mass is 636 g/mol. The highest BCUT2D eigenvalue weighted by molar-refractivity contribution is 5.68. The van der Waals surface area contributed by atoms with E-state index in [-0.39, 0.29) is 83.9 Å². The molecule has 0 unspecified atom stereocenters. The van der Waals surface area contributed by atoms with Crippen molar-refractivity contribution in [3.05, 3.63) is 0 Å². The Bertz CT molecular complexity index is 630. The number of quaternary nitrogens is 4. The highest BCUT2D eigenvalue weighted by Crippen LogP contribution is 2.27. The zero-order valence-electron chi connectivity index (χ0n) is 22.2. The number of fused-ring (bicyclic) bond motifs is 6.